The molecule has 3 heterocycles. The molecule has 148 valence electrons. The van der Waals surface area contributed by atoms with E-state index in [9.17, 15) is 18.0 Å². The van der Waals surface area contributed by atoms with Gasteiger partial charge in [0.05, 0.1) is 20.9 Å². The molecule has 6 nitrogen and oxygen atoms in total. The fourth-order valence-corrected chi connectivity index (χ4v) is 3.41. The van der Waals surface area contributed by atoms with E-state index in [0.29, 0.717) is 0 Å². The largest absolute Gasteiger partial charge is 0.435 e. The van der Waals surface area contributed by atoms with Crippen molar-refractivity contribution in [2.45, 2.75) is 6.18 Å². The van der Waals surface area contributed by atoms with Gasteiger partial charge < -0.3 is 4.98 Å². The lowest BCUT2D eigenvalue weighted by atomic mass is 10.2. The predicted molar refractivity (Wildman–Crippen MR) is 103 cm³/mol. The van der Waals surface area contributed by atoms with Crippen LogP contribution >= 0.6 is 34.8 Å². The molecular formula is C17H7Cl3F3N5O. The topological polar surface area (TPSA) is 76.5 Å². The number of fused-ring (bicyclic) bond motifs is 1. The lowest BCUT2D eigenvalue weighted by molar-refractivity contribution is -0.141. The summed E-state index contributed by atoms with van der Waals surface area (Å²) in [5, 5.41) is 3.99. The minimum Gasteiger partial charge on any atom is -0.305 e. The highest BCUT2D eigenvalue weighted by Gasteiger charge is 2.36. The van der Waals surface area contributed by atoms with Crippen LogP contribution in [-0.2, 0) is 6.18 Å². The van der Waals surface area contributed by atoms with Crippen molar-refractivity contribution in [1.29, 1.82) is 0 Å². The Hall–Kier alpha value is -2.62. The van der Waals surface area contributed by atoms with Crippen LogP contribution in [0, 0.1) is 0 Å². The van der Waals surface area contributed by atoms with Gasteiger partial charge in [0.15, 0.2) is 17.3 Å². The van der Waals surface area contributed by atoms with Crippen LogP contribution in [0.5, 0.6) is 0 Å². The molecule has 0 unspecified atom stereocenters. The Balaban J connectivity index is 2.04. The molecule has 4 aromatic rings. The fourth-order valence-electron chi connectivity index (χ4n) is 2.67. The van der Waals surface area contributed by atoms with Gasteiger partial charge in [-0.25, -0.2) is 14.6 Å². The maximum Gasteiger partial charge on any atom is 0.435 e. The number of pyridine rings is 1. The van der Waals surface area contributed by atoms with E-state index in [2.05, 4.69) is 20.1 Å². The smallest absolute Gasteiger partial charge is 0.305 e. The molecule has 0 saturated carbocycles. The van der Waals surface area contributed by atoms with Crippen LogP contribution in [0.1, 0.15) is 5.69 Å². The molecule has 0 aliphatic carbocycles. The van der Waals surface area contributed by atoms with Crippen molar-refractivity contribution in [3.05, 3.63) is 67.6 Å². The van der Waals surface area contributed by atoms with Gasteiger partial charge in [0, 0.05) is 17.3 Å². The molecular weight excluding hydrogens is 454 g/mol. The monoisotopic (exact) mass is 459 g/mol. The number of H-pyrrole nitrogens is 1. The van der Waals surface area contributed by atoms with Crippen LogP contribution in [0.15, 0.2) is 41.3 Å². The van der Waals surface area contributed by atoms with E-state index in [1.165, 1.54) is 30.5 Å². The Morgan fingerprint density at radius 2 is 1.83 bits per heavy atom. The Bertz CT molecular complexity index is 1320. The molecule has 0 amide bonds. The minimum atomic E-state index is -4.75. The van der Waals surface area contributed by atoms with Gasteiger partial charge in [0.1, 0.15) is 5.69 Å². The molecule has 3 aromatic heterocycles. The molecule has 1 N–H and O–H groups in total. The first-order valence-electron chi connectivity index (χ1n) is 7.83. The number of nitrogens with zero attached hydrogens (tertiary/aromatic N) is 4. The van der Waals surface area contributed by atoms with Gasteiger partial charge in [-0.1, -0.05) is 34.8 Å². The minimum absolute atomic E-state index is 0.0542. The summed E-state index contributed by atoms with van der Waals surface area (Å²) in [6.45, 7) is 0. The van der Waals surface area contributed by atoms with Crippen molar-refractivity contribution in [3.8, 4) is 17.3 Å². The highest BCUT2D eigenvalue weighted by atomic mass is 35.5. The second-order valence-corrected chi connectivity index (χ2v) is 7.08. The van der Waals surface area contributed by atoms with E-state index in [-0.39, 0.29) is 43.3 Å². The van der Waals surface area contributed by atoms with Gasteiger partial charge in [-0.2, -0.15) is 18.3 Å². The van der Waals surface area contributed by atoms with Crippen LogP contribution in [0.4, 0.5) is 13.2 Å². The summed E-state index contributed by atoms with van der Waals surface area (Å²) >= 11 is 18.1. The summed E-state index contributed by atoms with van der Waals surface area (Å²) in [6, 6.07) is 6.42. The van der Waals surface area contributed by atoms with Crippen molar-refractivity contribution in [2.24, 2.45) is 0 Å². The summed E-state index contributed by atoms with van der Waals surface area (Å²) < 4.78 is 40.8. The zero-order valence-electron chi connectivity index (χ0n) is 13.9. The van der Waals surface area contributed by atoms with Crippen LogP contribution in [0.2, 0.25) is 15.1 Å². The van der Waals surface area contributed by atoms with Crippen molar-refractivity contribution in [2.75, 3.05) is 0 Å². The average molecular weight is 461 g/mol. The number of rotatable bonds is 2. The average Bonchev–Trinajstić information content (AvgIpc) is 3.08. The van der Waals surface area contributed by atoms with E-state index in [1.807, 2.05) is 0 Å². The van der Waals surface area contributed by atoms with Crippen molar-refractivity contribution < 1.29 is 13.2 Å². The molecule has 0 atom stereocenters. The van der Waals surface area contributed by atoms with Crippen LogP contribution < -0.4 is 5.56 Å². The first-order valence-corrected chi connectivity index (χ1v) is 8.96. The Morgan fingerprint density at radius 1 is 1.07 bits per heavy atom. The fraction of sp³-hybridized carbons (Fsp3) is 0.0588. The van der Waals surface area contributed by atoms with Gasteiger partial charge in [0.2, 0.25) is 0 Å². The van der Waals surface area contributed by atoms with E-state index >= 15 is 0 Å². The summed E-state index contributed by atoms with van der Waals surface area (Å²) in [5.41, 5.74) is -1.95. The predicted octanol–water partition coefficient (Wildman–Crippen LogP) is 5.15. The number of aromatic amines is 1. The van der Waals surface area contributed by atoms with Gasteiger partial charge in [-0.15, -0.1) is 0 Å². The first kappa shape index (κ1) is 19.7. The first-order chi connectivity index (χ1) is 13.6. The van der Waals surface area contributed by atoms with Gasteiger partial charge >= 0.3 is 6.18 Å². The van der Waals surface area contributed by atoms with Crippen molar-refractivity contribution >= 4 is 45.7 Å². The van der Waals surface area contributed by atoms with E-state index in [0.717, 1.165) is 10.7 Å². The second kappa shape index (κ2) is 7.01. The zero-order valence-corrected chi connectivity index (χ0v) is 16.2. The molecule has 1 aromatic carbocycles. The van der Waals surface area contributed by atoms with E-state index in [4.69, 9.17) is 34.8 Å². The molecule has 0 bridgehead atoms. The summed E-state index contributed by atoms with van der Waals surface area (Å²) in [7, 11) is 0. The third-order valence-electron chi connectivity index (χ3n) is 3.91. The van der Waals surface area contributed by atoms with Gasteiger partial charge in [-0.05, 0) is 24.3 Å². The van der Waals surface area contributed by atoms with E-state index < -0.39 is 17.4 Å². The maximum absolute atomic E-state index is 13.3. The van der Waals surface area contributed by atoms with Crippen LogP contribution in [-0.4, -0.2) is 24.7 Å². The van der Waals surface area contributed by atoms with Crippen molar-refractivity contribution in [3.63, 3.8) is 0 Å². The zero-order chi connectivity index (χ0) is 20.9. The Morgan fingerprint density at radius 3 is 2.52 bits per heavy atom. The molecule has 0 aliphatic rings. The number of hydrogen-bond acceptors (Lipinski definition) is 4. The number of aromatic nitrogens is 5. The molecule has 0 spiro atoms. The van der Waals surface area contributed by atoms with Crippen LogP contribution in [0.3, 0.4) is 0 Å². The number of halogens is 6. The molecule has 0 radical (unpaired) electrons. The van der Waals surface area contributed by atoms with Crippen LogP contribution in [0.25, 0.3) is 28.2 Å². The highest BCUT2D eigenvalue weighted by Crippen LogP contribution is 2.33. The molecule has 4 rings (SSSR count). The molecule has 0 fully saturated rings. The third kappa shape index (κ3) is 3.57. The van der Waals surface area contributed by atoms with E-state index in [1.54, 1.807) is 0 Å². The van der Waals surface area contributed by atoms with Gasteiger partial charge in [-0.3, -0.25) is 4.79 Å². The maximum atomic E-state index is 13.3. The molecule has 29 heavy (non-hydrogen) atoms. The van der Waals surface area contributed by atoms with Crippen molar-refractivity contribution in [1.82, 2.24) is 24.7 Å². The number of nitrogens with one attached hydrogen (secondary N) is 1. The second-order valence-electron chi connectivity index (χ2n) is 5.83. The van der Waals surface area contributed by atoms with Gasteiger partial charge in [0.25, 0.3) is 5.56 Å². The third-order valence-corrected chi connectivity index (χ3v) is 4.71. The molecule has 12 heteroatoms. The number of benzene rings is 1. The summed E-state index contributed by atoms with van der Waals surface area (Å²) in [4.78, 5) is 23.1. The molecule has 0 aliphatic heterocycles. The lowest BCUT2D eigenvalue weighted by Crippen LogP contribution is -2.12. The highest BCUT2D eigenvalue weighted by molar-refractivity contribution is 6.38. The standard InChI is InChI=1S/C17H7Cl3F3N5O/c18-7-4-8-13(10(20)5-7)25-14(26-16(8)29)11-6-12(17(21,22)23)27-28(11)15-9(19)2-1-3-24-15/h1-6H,(H,25,26,29). The molecule has 0 saturated heterocycles. The quantitative estimate of drug-likeness (QED) is 0.449. The normalized spacial score (nSPS) is 11.9. The Kier molecular flexibility index (Phi) is 4.76. The Labute approximate surface area is 174 Å². The lowest BCUT2D eigenvalue weighted by Gasteiger charge is -2.09. The summed E-state index contributed by atoms with van der Waals surface area (Å²) in [5.74, 6) is -0.263. The summed E-state index contributed by atoms with van der Waals surface area (Å²) in [6.07, 6.45) is -3.40. The SMILES string of the molecule is O=c1[nH]c(-c2cc(C(F)(F)F)nn2-c2ncccc2Cl)nc2c(Cl)cc(Cl)cc12. The number of alkyl halides is 3. The number of hydrogen-bond donors (Lipinski definition) is 1.